The number of benzene rings is 8. The molecule has 9 aromatic rings. The van der Waals surface area contributed by atoms with Crippen LogP contribution < -0.4 is 60.1 Å². The molecule has 3 nitrogen and oxygen atoms in total. The Hall–Kier alpha value is -6.00. The van der Waals surface area contributed by atoms with Crippen LogP contribution in [0.2, 0.25) is 0 Å². The molecule has 0 amide bonds. The summed E-state index contributed by atoms with van der Waals surface area (Å²) in [4.78, 5) is 16.0. The maximum Gasteiger partial charge on any atom is 0.164 e. The highest BCUT2D eigenvalue weighted by Crippen LogP contribution is 2.35. The number of nitrogens with zero attached hydrogens (tertiary/aromatic N) is 3. The van der Waals surface area contributed by atoms with Crippen LogP contribution in [0.4, 0.5) is 0 Å². The van der Waals surface area contributed by atoms with Crippen molar-refractivity contribution in [3.63, 3.8) is 0 Å². The van der Waals surface area contributed by atoms with Gasteiger partial charge in [0.05, 0.1) is 0 Å². The number of aromatic nitrogens is 3. The third-order valence-electron chi connectivity index (χ3n) is 14.0. The molecule has 0 atom stereocenters. The van der Waals surface area contributed by atoms with Gasteiger partial charge in [0, 0.05) is 16.7 Å². The zero-order chi connectivity index (χ0) is 42.9. The van der Waals surface area contributed by atoms with Crippen LogP contribution in [-0.2, 0) is 0 Å². The lowest BCUT2D eigenvalue weighted by Gasteiger charge is -2.28. The zero-order valence-corrected chi connectivity index (χ0v) is 37.4. The maximum absolute atomic E-state index is 5.42. The minimum Gasteiger partial charge on any atom is -0.208 e. The molecule has 0 saturated carbocycles. The summed E-state index contributed by atoms with van der Waals surface area (Å²) in [6, 6.07) is 42.8. The van der Waals surface area contributed by atoms with E-state index < -0.39 is 0 Å². The Morgan fingerprint density at radius 2 is 0.689 bits per heavy atom. The molecule has 1 heterocycles. The van der Waals surface area contributed by atoms with Crippen LogP contribution in [0.5, 0.6) is 0 Å². The van der Waals surface area contributed by atoms with Crippen molar-refractivity contribution in [2.24, 2.45) is 0 Å². The Morgan fingerprint density at radius 3 is 1.34 bits per heavy atom. The Morgan fingerprint density at radius 1 is 0.262 bits per heavy atom. The van der Waals surface area contributed by atoms with Gasteiger partial charge < -0.3 is 0 Å². The number of hydrogen-bond acceptors (Lipinski definition) is 3. The highest BCUT2D eigenvalue weighted by molar-refractivity contribution is 6.72. The minimum atomic E-state index is 0.657. The normalized spacial score (nSPS) is 11.3. The lowest BCUT2D eigenvalue weighted by atomic mass is 9.56. The number of rotatable bonds is 6. The van der Waals surface area contributed by atoms with Crippen LogP contribution in [-0.4, -0.2) is 101 Å². The van der Waals surface area contributed by atoms with Gasteiger partial charge in [-0.15, -0.1) is 16.4 Å². The van der Waals surface area contributed by atoms with Crippen LogP contribution in [0.3, 0.4) is 0 Å². The van der Waals surface area contributed by atoms with E-state index in [-0.39, 0.29) is 0 Å². The summed E-state index contributed by atoms with van der Waals surface area (Å²) in [6.07, 6.45) is 0. The van der Waals surface area contributed by atoms with E-state index in [0.717, 1.165) is 27.8 Å². The van der Waals surface area contributed by atoms with Gasteiger partial charge in [0.25, 0.3) is 0 Å². The summed E-state index contributed by atoms with van der Waals surface area (Å²) in [6.45, 7) is 0. The second-order valence-electron chi connectivity index (χ2n) is 17.1. The van der Waals surface area contributed by atoms with Crippen molar-refractivity contribution in [3.8, 4) is 67.5 Å². The Labute approximate surface area is 369 Å². The highest BCUT2D eigenvalue weighted by atomic mass is 15.0. The van der Waals surface area contributed by atoms with Crippen LogP contribution in [0.1, 0.15) is 0 Å². The van der Waals surface area contributed by atoms with Gasteiger partial charge in [-0.1, -0.05) is 165 Å². The Balaban J connectivity index is 1.24. The van der Waals surface area contributed by atoms with Gasteiger partial charge in [0.1, 0.15) is 86.3 Å². The molecule has 0 unspecified atom stereocenters. The van der Waals surface area contributed by atoms with Gasteiger partial charge in [-0.25, -0.2) is 15.0 Å². The molecule has 0 radical (unpaired) electrons. The first kappa shape index (κ1) is 40.4. The predicted octanol–water partition coefficient (Wildman–Crippen LogP) is -6.98. The summed E-state index contributed by atoms with van der Waals surface area (Å²) in [7, 11) is 25.2. The molecule has 0 bridgehead atoms. The van der Waals surface area contributed by atoms with Crippen LogP contribution in [0, 0.1) is 0 Å². The van der Waals surface area contributed by atoms with Crippen molar-refractivity contribution in [1.29, 1.82) is 0 Å². The van der Waals surface area contributed by atoms with Gasteiger partial charge in [-0.3, -0.25) is 0 Å². The number of hydrogen-bond donors (Lipinski definition) is 0. The fourth-order valence-electron chi connectivity index (χ4n) is 10.0. The second-order valence-corrected chi connectivity index (χ2v) is 17.1. The lowest BCUT2D eigenvalue weighted by Crippen LogP contribution is -2.56. The van der Waals surface area contributed by atoms with Crippen molar-refractivity contribution in [3.05, 3.63) is 121 Å². The number of fused-ring (bicyclic) bond motifs is 2. The zero-order valence-electron chi connectivity index (χ0n) is 37.4. The van der Waals surface area contributed by atoms with Crippen molar-refractivity contribution in [1.82, 2.24) is 15.0 Å². The van der Waals surface area contributed by atoms with Gasteiger partial charge >= 0.3 is 0 Å². The van der Waals surface area contributed by atoms with Crippen molar-refractivity contribution < 1.29 is 0 Å². The highest BCUT2D eigenvalue weighted by Gasteiger charge is 2.25. The molecule has 14 heteroatoms. The summed E-state index contributed by atoms with van der Waals surface area (Å²) in [5.41, 5.74) is 24.9. The molecule has 8 aromatic carbocycles. The van der Waals surface area contributed by atoms with E-state index in [1.54, 1.807) is 0 Å². The summed E-state index contributed by atoms with van der Waals surface area (Å²) >= 11 is 0. The molecule has 0 aliphatic heterocycles. The third-order valence-corrected chi connectivity index (χ3v) is 14.0. The first-order valence-electron chi connectivity index (χ1n) is 21.5. The Kier molecular flexibility index (Phi) is 10.5. The second kappa shape index (κ2) is 15.8. The average molecular weight is 768 g/mol. The van der Waals surface area contributed by atoms with E-state index in [0.29, 0.717) is 17.5 Å². The van der Waals surface area contributed by atoms with E-state index in [2.05, 4.69) is 189 Å². The molecule has 0 aliphatic carbocycles. The standard InChI is InChI=1S/C47H42B11N3/c48-34-29-30(36(50)37(51)31(34)32-39(53)42(56)44(58)43(57)40(32)54)35(49)33(41(55)38(29)52)47-60-45(24-10-2-1-3-11-24)59-46(61-47)28-15-7-6-14-27(28)23-19-17-22(18-20-23)26-16-8-12-21-9-4-5-13-25(21)26/h1-20H,48-58H2. The molecule has 0 aliphatic rings. The van der Waals surface area contributed by atoms with Crippen molar-refractivity contribution >= 4 is 168 Å². The molecule has 0 saturated heterocycles. The van der Waals surface area contributed by atoms with Crippen LogP contribution in [0.15, 0.2) is 121 Å². The topological polar surface area (TPSA) is 38.7 Å². The van der Waals surface area contributed by atoms with E-state index in [9.17, 15) is 0 Å². The summed E-state index contributed by atoms with van der Waals surface area (Å²) in [5.74, 6) is 2.01. The monoisotopic (exact) mass is 769 g/mol. The van der Waals surface area contributed by atoms with Crippen LogP contribution >= 0.6 is 0 Å². The van der Waals surface area contributed by atoms with Gasteiger partial charge in [-0.05, 0) is 54.9 Å². The largest absolute Gasteiger partial charge is 0.208 e. The lowest BCUT2D eigenvalue weighted by molar-refractivity contribution is 1.08. The molecule has 1 aromatic heterocycles. The third kappa shape index (κ3) is 6.67. The van der Waals surface area contributed by atoms with Gasteiger partial charge in [-0.2, -0.15) is 0 Å². The molecule has 61 heavy (non-hydrogen) atoms. The molecule has 0 N–H and O–H groups in total. The van der Waals surface area contributed by atoms with E-state index in [4.69, 9.17) is 15.0 Å². The van der Waals surface area contributed by atoms with E-state index in [1.165, 1.54) is 104 Å². The summed E-state index contributed by atoms with van der Waals surface area (Å²) in [5, 5.41) is 5.12. The van der Waals surface area contributed by atoms with Gasteiger partial charge in [0.15, 0.2) is 17.5 Å². The summed E-state index contributed by atoms with van der Waals surface area (Å²) < 4.78 is 0. The quantitative estimate of drug-likeness (QED) is 0.158. The Bertz CT molecular complexity index is 3230. The molecule has 278 valence electrons. The molecular weight excluding hydrogens is 725 g/mol. The molecule has 0 spiro atoms. The smallest absolute Gasteiger partial charge is 0.164 e. The SMILES string of the molecule is Bc1c(B)c(B)c(-c2c(B)c(B)c3c(B)c(-c4nc(-c5ccccc5)nc(-c5ccccc5-c5ccc(-c6cccc7ccccc67)cc5)n4)c(B)c(B)c3c2B)c(B)c1B. The first-order chi connectivity index (χ1) is 29.4. The first-order valence-corrected chi connectivity index (χ1v) is 21.5. The fourth-order valence-corrected chi connectivity index (χ4v) is 10.0. The molecule has 9 rings (SSSR count). The minimum absolute atomic E-state index is 0.657. The predicted molar refractivity (Wildman–Crippen MR) is 297 cm³/mol. The average Bonchev–Trinajstić information content (AvgIpc) is 3.29. The van der Waals surface area contributed by atoms with Crippen LogP contribution in [0.25, 0.3) is 89.1 Å². The molecule has 0 fully saturated rings. The van der Waals surface area contributed by atoms with Crippen molar-refractivity contribution in [2.45, 2.75) is 0 Å². The molecular formula is C47H42B11N3. The van der Waals surface area contributed by atoms with E-state index >= 15 is 0 Å². The van der Waals surface area contributed by atoms with Crippen molar-refractivity contribution in [2.75, 3.05) is 0 Å². The van der Waals surface area contributed by atoms with Gasteiger partial charge in [0.2, 0.25) is 0 Å². The van der Waals surface area contributed by atoms with E-state index in [1.807, 2.05) is 18.2 Å². The fraction of sp³-hybridized carbons (Fsp3) is 0. The maximum atomic E-state index is 5.42.